The van der Waals surface area contributed by atoms with Crippen LogP contribution in [-0.2, 0) is 6.54 Å². The lowest BCUT2D eigenvalue weighted by Crippen LogP contribution is -2.21. The fraction of sp³-hybridized carbons (Fsp3) is 0.467. The molecule has 0 spiro atoms. The summed E-state index contributed by atoms with van der Waals surface area (Å²) in [6.07, 6.45) is 4.62. The lowest BCUT2D eigenvalue weighted by molar-refractivity contribution is 0.340. The Bertz CT molecular complexity index is 481. The summed E-state index contributed by atoms with van der Waals surface area (Å²) in [5.41, 5.74) is 1.27. The van der Waals surface area contributed by atoms with Crippen molar-refractivity contribution in [1.82, 2.24) is 20.3 Å². The Balaban J connectivity index is 1.72. The number of nitrogens with zero attached hydrogens (tertiary/aromatic N) is 3. The molecule has 5 heteroatoms. The van der Waals surface area contributed by atoms with Gasteiger partial charge in [-0.1, -0.05) is 17.3 Å². The third-order valence-corrected chi connectivity index (χ3v) is 3.18. The largest absolute Gasteiger partial charge is 0.494 e. The van der Waals surface area contributed by atoms with E-state index in [1.54, 1.807) is 6.20 Å². The van der Waals surface area contributed by atoms with Crippen molar-refractivity contribution in [2.75, 3.05) is 13.2 Å². The van der Waals surface area contributed by atoms with Gasteiger partial charge in [0.25, 0.3) is 0 Å². The van der Waals surface area contributed by atoms with Gasteiger partial charge in [0, 0.05) is 18.8 Å². The molecule has 2 rings (SSSR count). The van der Waals surface area contributed by atoms with E-state index in [4.69, 9.17) is 4.74 Å². The third-order valence-electron chi connectivity index (χ3n) is 3.18. The van der Waals surface area contributed by atoms with Crippen LogP contribution in [0.5, 0.6) is 5.75 Å². The van der Waals surface area contributed by atoms with Crippen LogP contribution in [0.2, 0.25) is 0 Å². The molecule has 108 valence electrons. The van der Waals surface area contributed by atoms with Gasteiger partial charge in [-0.25, -0.2) is 0 Å². The molecule has 0 radical (unpaired) electrons. The van der Waals surface area contributed by atoms with Crippen LogP contribution in [-0.4, -0.2) is 28.1 Å². The molecule has 0 bridgehead atoms. The van der Waals surface area contributed by atoms with Crippen molar-refractivity contribution in [1.29, 1.82) is 0 Å². The van der Waals surface area contributed by atoms with Gasteiger partial charge in [-0.15, -0.1) is 5.10 Å². The Morgan fingerprint density at radius 1 is 1.30 bits per heavy atom. The molecule has 0 saturated carbocycles. The molecule has 1 heterocycles. The number of rotatable bonds is 8. The van der Waals surface area contributed by atoms with Crippen molar-refractivity contribution in [2.24, 2.45) is 0 Å². The second-order valence-corrected chi connectivity index (χ2v) is 4.70. The standard InChI is InChI=1S/C15H22N4O/c1-3-20-15-7-5-14(6-8-15)13(2)16-9-4-11-19-12-10-17-18-19/h5-8,10,12-13,16H,3-4,9,11H2,1-2H3. The summed E-state index contributed by atoms with van der Waals surface area (Å²) in [4.78, 5) is 0. The highest BCUT2D eigenvalue weighted by molar-refractivity contribution is 5.28. The number of hydrogen-bond acceptors (Lipinski definition) is 4. The molecule has 0 amide bonds. The van der Waals surface area contributed by atoms with Gasteiger partial charge in [0.15, 0.2) is 0 Å². The summed E-state index contributed by atoms with van der Waals surface area (Å²) < 4.78 is 7.29. The van der Waals surface area contributed by atoms with Gasteiger partial charge in [-0.3, -0.25) is 4.68 Å². The zero-order valence-corrected chi connectivity index (χ0v) is 12.1. The van der Waals surface area contributed by atoms with Crippen LogP contribution in [0.3, 0.4) is 0 Å². The second kappa shape index (κ2) is 7.65. The molecule has 1 atom stereocenters. The Hall–Kier alpha value is -1.88. The molecule has 1 aromatic carbocycles. The zero-order valence-electron chi connectivity index (χ0n) is 12.1. The smallest absolute Gasteiger partial charge is 0.119 e. The van der Waals surface area contributed by atoms with Crippen molar-refractivity contribution >= 4 is 0 Å². The fourth-order valence-electron chi connectivity index (χ4n) is 2.05. The molecule has 0 fully saturated rings. The first-order valence-electron chi connectivity index (χ1n) is 7.10. The Morgan fingerprint density at radius 3 is 2.75 bits per heavy atom. The molecule has 0 saturated heterocycles. The first-order chi connectivity index (χ1) is 9.79. The average Bonchev–Trinajstić information content (AvgIpc) is 2.98. The normalized spacial score (nSPS) is 12.3. The molecule has 5 nitrogen and oxygen atoms in total. The molecule has 1 unspecified atom stereocenters. The minimum atomic E-state index is 0.335. The maximum atomic E-state index is 5.44. The highest BCUT2D eigenvalue weighted by Crippen LogP contribution is 2.17. The molecular weight excluding hydrogens is 252 g/mol. The summed E-state index contributed by atoms with van der Waals surface area (Å²) in [5.74, 6) is 0.926. The number of benzene rings is 1. The van der Waals surface area contributed by atoms with Gasteiger partial charge in [0.1, 0.15) is 5.75 Å². The predicted octanol–water partition coefficient (Wildman–Crippen LogP) is 2.42. The minimum absolute atomic E-state index is 0.335. The predicted molar refractivity (Wildman–Crippen MR) is 78.7 cm³/mol. The van der Waals surface area contributed by atoms with E-state index in [0.717, 1.165) is 25.3 Å². The van der Waals surface area contributed by atoms with Crippen molar-refractivity contribution in [3.63, 3.8) is 0 Å². The van der Waals surface area contributed by atoms with Gasteiger partial charge < -0.3 is 10.1 Å². The number of aromatic nitrogens is 3. The van der Waals surface area contributed by atoms with E-state index in [-0.39, 0.29) is 0 Å². The number of ether oxygens (including phenoxy) is 1. The van der Waals surface area contributed by atoms with Crippen molar-refractivity contribution in [3.8, 4) is 5.75 Å². The van der Waals surface area contributed by atoms with E-state index in [1.807, 2.05) is 29.9 Å². The maximum Gasteiger partial charge on any atom is 0.119 e. The Labute approximate surface area is 120 Å². The highest BCUT2D eigenvalue weighted by Gasteiger charge is 2.04. The average molecular weight is 274 g/mol. The van der Waals surface area contributed by atoms with Crippen LogP contribution in [0.15, 0.2) is 36.7 Å². The van der Waals surface area contributed by atoms with Crippen molar-refractivity contribution < 1.29 is 4.74 Å². The van der Waals surface area contributed by atoms with E-state index >= 15 is 0 Å². The first-order valence-corrected chi connectivity index (χ1v) is 7.10. The maximum absolute atomic E-state index is 5.44. The van der Waals surface area contributed by atoms with Crippen LogP contribution in [0.4, 0.5) is 0 Å². The molecule has 20 heavy (non-hydrogen) atoms. The van der Waals surface area contributed by atoms with Gasteiger partial charge >= 0.3 is 0 Å². The van der Waals surface area contributed by atoms with E-state index in [1.165, 1.54) is 5.56 Å². The number of aryl methyl sites for hydroxylation is 1. The summed E-state index contributed by atoms with van der Waals surface area (Å²) in [6, 6.07) is 8.60. The van der Waals surface area contributed by atoms with E-state index in [2.05, 4.69) is 34.7 Å². The summed E-state index contributed by atoms with van der Waals surface area (Å²) in [5, 5.41) is 11.2. The molecule has 1 aromatic heterocycles. The summed E-state index contributed by atoms with van der Waals surface area (Å²) in [6.45, 7) is 6.71. The first kappa shape index (κ1) is 14.5. The Kier molecular flexibility index (Phi) is 5.55. The fourth-order valence-corrected chi connectivity index (χ4v) is 2.05. The van der Waals surface area contributed by atoms with E-state index < -0.39 is 0 Å². The van der Waals surface area contributed by atoms with Gasteiger partial charge in [0.2, 0.25) is 0 Å². The van der Waals surface area contributed by atoms with Crippen molar-refractivity contribution in [3.05, 3.63) is 42.2 Å². The summed E-state index contributed by atoms with van der Waals surface area (Å²) >= 11 is 0. The van der Waals surface area contributed by atoms with Gasteiger partial charge in [0.05, 0.1) is 12.8 Å². The third kappa shape index (κ3) is 4.35. The van der Waals surface area contributed by atoms with Crippen LogP contribution in [0.25, 0.3) is 0 Å². The quantitative estimate of drug-likeness (QED) is 0.751. The molecule has 0 aliphatic rings. The molecular formula is C15H22N4O. The van der Waals surface area contributed by atoms with Gasteiger partial charge in [-0.05, 0) is 44.5 Å². The molecule has 1 N–H and O–H groups in total. The topological polar surface area (TPSA) is 52.0 Å². The SMILES string of the molecule is CCOc1ccc(C(C)NCCCn2ccnn2)cc1. The van der Waals surface area contributed by atoms with Gasteiger partial charge in [-0.2, -0.15) is 0 Å². The second-order valence-electron chi connectivity index (χ2n) is 4.70. The molecule has 0 aliphatic carbocycles. The highest BCUT2D eigenvalue weighted by atomic mass is 16.5. The van der Waals surface area contributed by atoms with E-state index in [9.17, 15) is 0 Å². The van der Waals surface area contributed by atoms with Crippen LogP contribution < -0.4 is 10.1 Å². The lowest BCUT2D eigenvalue weighted by Gasteiger charge is -2.14. The van der Waals surface area contributed by atoms with Crippen LogP contribution >= 0.6 is 0 Å². The van der Waals surface area contributed by atoms with E-state index in [0.29, 0.717) is 12.6 Å². The number of hydrogen-bond donors (Lipinski definition) is 1. The molecule has 0 aliphatic heterocycles. The summed E-state index contributed by atoms with van der Waals surface area (Å²) in [7, 11) is 0. The zero-order chi connectivity index (χ0) is 14.2. The lowest BCUT2D eigenvalue weighted by atomic mass is 10.1. The molecule has 2 aromatic rings. The minimum Gasteiger partial charge on any atom is -0.494 e. The Morgan fingerprint density at radius 2 is 2.10 bits per heavy atom. The monoisotopic (exact) mass is 274 g/mol. The number of nitrogens with one attached hydrogen (secondary N) is 1. The van der Waals surface area contributed by atoms with Crippen LogP contribution in [0, 0.1) is 0 Å². The van der Waals surface area contributed by atoms with Crippen LogP contribution in [0.1, 0.15) is 31.9 Å². The van der Waals surface area contributed by atoms with Crippen molar-refractivity contribution in [2.45, 2.75) is 32.9 Å².